The number of nitrogens with zero attached hydrogens (tertiary/aromatic N) is 2. The molecule has 2 aromatic carbocycles. The maximum atomic E-state index is 12.3. The molecular formula is C20H14BrN3O2S. The number of ether oxygens (including phenoxy) is 1. The van der Waals surface area contributed by atoms with Gasteiger partial charge in [-0.1, -0.05) is 48.2 Å². The first-order valence-corrected chi connectivity index (χ1v) is 9.81. The molecule has 0 spiro atoms. The van der Waals surface area contributed by atoms with E-state index in [0.717, 1.165) is 15.6 Å². The highest BCUT2D eigenvalue weighted by molar-refractivity contribution is 9.10. The summed E-state index contributed by atoms with van der Waals surface area (Å²) in [6.45, 7) is 0.472. The molecule has 5 nitrogen and oxygen atoms in total. The summed E-state index contributed by atoms with van der Waals surface area (Å²) in [7, 11) is 0. The van der Waals surface area contributed by atoms with Crippen molar-refractivity contribution in [1.29, 1.82) is 5.41 Å². The number of carbonyl (C=O) groups excluding carboxylic acids is 1. The highest BCUT2D eigenvalue weighted by Gasteiger charge is 2.30. The van der Waals surface area contributed by atoms with Gasteiger partial charge < -0.3 is 4.74 Å². The number of rotatable bonds is 4. The van der Waals surface area contributed by atoms with Crippen molar-refractivity contribution >= 4 is 50.7 Å². The fourth-order valence-electron chi connectivity index (χ4n) is 2.66. The Kier molecular flexibility index (Phi) is 4.96. The predicted molar refractivity (Wildman–Crippen MR) is 112 cm³/mol. The van der Waals surface area contributed by atoms with Crippen molar-refractivity contribution in [2.75, 3.05) is 0 Å². The van der Waals surface area contributed by atoms with Gasteiger partial charge in [-0.15, -0.1) is 0 Å². The highest BCUT2D eigenvalue weighted by Crippen LogP contribution is 2.30. The van der Waals surface area contributed by atoms with Crippen LogP contribution in [0.4, 0.5) is 0 Å². The van der Waals surface area contributed by atoms with E-state index in [1.54, 1.807) is 22.6 Å². The Morgan fingerprint density at radius 1 is 1.22 bits per heavy atom. The molecule has 0 fully saturated rings. The van der Waals surface area contributed by atoms with Crippen LogP contribution in [0.5, 0.6) is 5.75 Å². The molecule has 134 valence electrons. The van der Waals surface area contributed by atoms with Gasteiger partial charge in [-0.3, -0.25) is 15.1 Å². The normalized spacial score (nSPS) is 17.3. The van der Waals surface area contributed by atoms with Gasteiger partial charge in [0.2, 0.25) is 0 Å². The fourth-order valence-corrected chi connectivity index (χ4v) is 3.87. The number of amidine groups is 2. The zero-order valence-electron chi connectivity index (χ0n) is 14.1. The third-order valence-electron chi connectivity index (χ3n) is 4.02. The summed E-state index contributed by atoms with van der Waals surface area (Å²) in [5.41, 5.74) is 2.13. The minimum absolute atomic E-state index is 0.131. The van der Waals surface area contributed by atoms with Crippen LogP contribution in [-0.4, -0.2) is 21.8 Å². The third-order valence-corrected chi connectivity index (χ3v) is 5.39. The Bertz CT molecular complexity index is 1020. The van der Waals surface area contributed by atoms with E-state index < -0.39 is 5.91 Å². The molecule has 7 heteroatoms. The lowest BCUT2D eigenvalue weighted by atomic mass is 10.1. The van der Waals surface area contributed by atoms with Gasteiger partial charge in [0.1, 0.15) is 18.2 Å². The van der Waals surface area contributed by atoms with Crippen LogP contribution in [0.2, 0.25) is 0 Å². The second kappa shape index (κ2) is 7.54. The van der Waals surface area contributed by atoms with Gasteiger partial charge in [-0.25, -0.2) is 0 Å². The predicted octanol–water partition coefficient (Wildman–Crippen LogP) is 4.80. The topological polar surface area (TPSA) is 65.8 Å². The first kappa shape index (κ1) is 17.8. The molecule has 0 aliphatic carbocycles. The zero-order valence-corrected chi connectivity index (χ0v) is 16.5. The summed E-state index contributed by atoms with van der Waals surface area (Å²) in [5.74, 6) is 0.444. The van der Waals surface area contributed by atoms with E-state index in [1.807, 2.05) is 48.5 Å². The van der Waals surface area contributed by atoms with Crippen LogP contribution < -0.4 is 4.74 Å². The lowest BCUT2D eigenvalue weighted by Gasteiger charge is -2.22. The molecule has 1 amide bonds. The van der Waals surface area contributed by atoms with E-state index in [9.17, 15) is 4.79 Å². The van der Waals surface area contributed by atoms with Gasteiger partial charge in [0.05, 0.1) is 10.0 Å². The maximum absolute atomic E-state index is 12.3. The van der Waals surface area contributed by atoms with Crippen molar-refractivity contribution in [1.82, 2.24) is 4.90 Å². The van der Waals surface area contributed by atoms with Crippen LogP contribution in [0.15, 0.2) is 75.2 Å². The average Bonchev–Trinajstić information content (AvgIpc) is 3.14. The molecule has 0 unspecified atom stereocenters. The van der Waals surface area contributed by atoms with Gasteiger partial charge in [0, 0.05) is 6.20 Å². The Morgan fingerprint density at radius 2 is 2.04 bits per heavy atom. The standard InChI is InChI=1S/C20H14BrN3O2S/c21-16-11-14(6-7-17(16)26-12-13-4-2-1-3-5-13)10-15-18(22)24-8-9-27-20(24)23-19(15)25/h1-11,22H,12H2/b15-10-,22-18?. The van der Waals surface area contributed by atoms with Crippen LogP contribution in [0.1, 0.15) is 11.1 Å². The second-order valence-corrected chi connectivity index (χ2v) is 7.57. The van der Waals surface area contributed by atoms with Crippen LogP contribution in [-0.2, 0) is 11.4 Å². The van der Waals surface area contributed by atoms with Gasteiger partial charge in [-0.2, -0.15) is 4.99 Å². The Morgan fingerprint density at radius 3 is 2.81 bits per heavy atom. The van der Waals surface area contributed by atoms with E-state index in [4.69, 9.17) is 10.1 Å². The summed E-state index contributed by atoms with van der Waals surface area (Å²) < 4.78 is 6.63. The van der Waals surface area contributed by atoms with E-state index in [1.165, 1.54) is 11.8 Å². The number of aliphatic imine (C=N–C) groups is 1. The second-order valence-electron chi connectivity index (χ2n) is 5.84. The number of halogens is 1. The highest BCUT2D eigenvalue weighted by atomic mass is 79.9. The van der Waals surface area contributed by atoms with E-state index >= 15 is 0 Å². The largest absolute Gasteiger partial charge is 0.488 e. The molecule has 0 radical (unpaired) electrons. The Hall–Kier alpha value is -2.64. The summed E-state index contributed by atoms with van der Waals surface area (Å²) in [4.78, 5) is 17.9. The van der Waals surface area contributed by atoms with Gasteiger partial charge in [0.25, 0.3) is 5.91 Å². The molecule has 0 saturated heterocycles. The quantitative estimate of drug-likeness (QED) is 0.694. The number of benzene rings is 2. The lowest BCUT2D eigenvalue weighted by Crippen LogP contribution is -2.35. The molecule has 0 bridgehead atoms. The van der Waals surface area contributed by atoms with Gasteiger partial charge in [0.15, 0.2) is 5.17 Å². The molecule has 2 aromatic rings. The van der Waals surface area contributed by atoms with E-state index in [2.05, 4.69) is 20.9 Å². The Labute approximate surface area is 169 Å². The van der Waals surface area contributed by atoms with Crippen LogP contribution in [0.25, 0.3) is 6.08 Å². The number of carbonyl (C=O) groups is 1. The smallest absolute Gasteiger partial charge is 0.283 e. The molecular weight excluding hydrogens is 426 g/mol. The molecule has 2 heterocycles. The molecule has 27 heavy (non-hydrogen) atoms. The summed E-state index contributed by atoms with van der Waals surface area (Å²) >= 11 is 4.85. The number of fused-ring (bicyclic) bond motifs is 1. The third kappa shape index (κ3) is 3.74. The summed E-state index contributed by atoms with van der Waals surface area (Å²) in [5, 5.41) is 10.6. The molecule has 2 aliphatic rings. The van der Waals surface area contributed by atoms with Crippen molar-refractivity contribution in [3.63, 3.8) is 0 Å². The number of hydrogen-bond acceptors (Lipinski definition) is 4. The molecule has 0 atom stereocenters. The van der Waals surface area contributed by atoms with Crippen molar-refractivity contribution in [2.24, 2.45) is 4.99 Å². The molecule has 0 aromatic heterocycles. The minimum atomic E-state index is -0.400. The van der Waals surface area contributed by atoms with Crippen molar-refractivity contribution in [2.45, 2.75) is 6.61 Å². The number of thioether (sulfide) groups is 1. The average molecular weight is 440 g/mol. The van der Waals surface area contributed by atoms with Crippen LogP contribution in [0.3, 0.4) is 0 Å². The fraction of sp³-hybridized carbons (Fsp3) is 0.0500. The van der Waals surface area contributed by atoms with Gasteiger partial charge >= 0.3 is 0 Å². The van der Waals surface area contributed by atoms with Crippen LogP contribution in [0, 0.1) is 5.41 Å². The zero-order chi connectivity index (χ0) is 18.8. The monoisotopic (exact) mass is 439 g/mol. The van der Waals surface area contributed by atoms with E-state index in [0.29, 0.717) is 17.5 Å². The summed E-state index contributed by atoms with van der Waals surface area (Å²) in [6, 6.07) is 15.5. The van der Waals surface area contributed by atoms with Crippen molar-refractivity contribution in [3.8, 4) is 5.75 Å². The summed E-state index contributed by atoms with van der Waals surface area (Å²) in [6.07, 6.45) is 3.41. The van der Waals surface area contributed by atoms with Crippen molar-refractivity contribution < 1.29 is 9.53 Å². The molecule has 2 aliphatic heterocycles. The lowest BCUT2D eigenvalue weighted by molar-refractivity contribution is -0.114. The SMILES string of the molecule is N=C1/C(=C/c2ccc(OCc3ccccc3)c(Br)c2)C(=O)N=C2SC=CN12. The molecule has 4 rings (SSSR count). The minimum Gasteiger partial charge on any atom is -0.488 e. The number of nitrogens with one attached hydrogen (secondary N) is 1. The number of hydrogen-bond donors (Lipinski definition) is 1. The van der Waals surface area contributed by atoms with Crippen LogP contribution >= 0.6 is 27.7 Å². The molecule has 1 N–H and O–H groups in total. The van der Waals surface area contributed by atoms with Gasteiger partial charge in [-0.05, 0) is 50.7 Å². The molecule has 0 saturated carbocycles. The Balaban J connectivity index is 1.54. The maximum Gasteiger partial charge on any atom is 0.283 e. The van der Waals surface area contributed by atoms with E-state index in [-0.39, 0.29) is 11.4 Å². The first-order valence-electron chi connectivity index (χ1n) is 8.14. The number of amides is 1. The van der Waals surface area contributed by atoms with Crippen molar-refractivity contribution in [3.05, 3.63) is 81.3 Å². The first-order chi connectivity index (χ1) is 13.1.